The van der Waals surface area contributed by atoms with Crippen LogP contribution in [0.1, 0.15) is 28.4 Å². The molecule has 4 heteroatoms. The smallest absolute Gasteiger partial charge is 0.145 e. The SMILES string of the molecule is C1=CC(c2ccc(C3=CC(c4ccc(-n5c6ccccc6c6ccccc65)cc4)=NC(c4ccccc4)N3)cc2)=CCN1. The lowest BCUT2D eigenvalue weighted by Gasteiger charge is -2.25. The van der Waals surface area contributed by atoms with E-state index in [0.717, 1.165) is 40.3 Å². The molecule has 2 N–H and O–H groups in total. The maximum Gasteiger partial charge on any atom is 0.145 e. The molecule has 5 aromatic carbocycles. The summed E-state index contributed by atoms with van der Waals surface area (Å²) in [6, 6.07) is 45.3. The van der Waals surface area contributed by atoms with E-state index < -0.39 is 0 Å². The number of para-hydroxylation sites is 2. The minimum atomic E-state index is -0.178. The summed E-state index contributed by atoms with van der Waals surface area (Å²) in [5.74, 6) is 0. The number of allylic oxidation sites excluding steroid dienone is 3. The Hall–Kier alpha value is -5.61. The van der Waals surface area contributed by atoms with Crippen molar-refractivity contribution in [1.82, 2.24) is 15.2 Å². The fourth-order valence-electron chi connectivity index (χ4n) is 6.14. The summed E-state index contributed by atoms with van der Waals surface area (Å²) in [5, 5.41) is 9.45. The molecule has 1 atom stereocenters. The lowest BCUT2D eigenvalue weighted by atomic mass is 9.99. The summed E-state index contributed by atoms with van der Waals surface area (Å²) in [6.07, 6.45) is 8.34. The van der Waals surface area contributed by atoms with E-state index in [1.165, 1.54) is 32.9 Å². The molecule has 8 rings (SSSR count). The summed E-state index contributed by atoms with van der Waals surface area (Å²) >= 11 is 0. The Kier molecular flexibility index (Phi) is 6.23. The molecule has 0 saturated carbocycles. The molecule has 0 radical (unpaired) electrons. The zero-order valence-corrected chi connectivity index (χ0v) is 23.6. The zero-order chi connectivity index (χ0) is 28.6. The number of fused-ring (bicyclic) bond motifs is 3. The second-order valence-electron chi connectivity index (χ2n) is 10.9. The maximum atomic E-state index is 5.18. The second-order valence-corrected chi connectivity index (χ2v) is 10.9. The number of nitrogens with one attached hydrogen (secondary N) is 2. The quantitative estimate of drug-likeness (QED) is 0.225. The van der Waals surface area contributed by atoms with Crippen molar-refractivity contribution in [1.29, 1.82) is 0 Å². The fraction of sp³-hybridized carbons (Fsp3) is 0.0513. The third kappa shape index (κ3) is 4.63. The summed E-state index contributed by atoms with van der Waals surface area (Å²) < 4.78 is 2.35. The van der Waals surface area contributed by atoms with Gasteiger partial charge in [-0.3, -0.25) is 4.99 Å². The van der Waals surface area contributed by atoms with Crippen LogP contribution < -0.4 is 10.6 Å². The molecule has 1 aromatic heterocycles. The standard InChI is InChI=1S/C39H30N4/c1-2-8-31(9-3-1)39-41-35(29-16-14-27(15-17-29)28-22-24-40-25-23-28)26-36(42-39)30-18-20-32(21-19-30)43-37-12-6-4-10-33(37)34-11-5-7-13-38(34)43/h1-24,26,39-41H,25H2. The number of benzene rings is 5. The summed E-state index contributed by atoms with van der Waals surface area (Å²) in [4.78, 5) is 5.18. The van der Waals surface area contributed by atoms with Gasteiger partial charge in [-0.15, -0.1) is 0 Å². The Labute approximate surface area is 251 Å². The van der Waals surface area contributed by atoms with Gasteiger partial charge in [0, 0.05) is 28.7 Å². The van der Waals surface area contributed by atoms with Gasteiger partial charge in [0.05, 0.1) is 16.7 Å². The Balaban J connectivity index is 1.18. The third-order valence-corrected chi connectivity index (χ3v) is 8.31. The molecule has 2 aliphatic rings. The van der Waals surface area contributed by atoms with E-state index in [9.17, 15) is 0 Å². The first-order chi connectivity index (χ1) is 21.3. The number of aliphatic imine (C=N–C) groups is 1. The van der Waals surface area contributed by atoms with Crippen molar-refractivity contribution in [2.45, 2.75) is 6.17 Å². The van der Waals surface area contributed by atoms with Crippen molar-refractivity contribution in [2.75, 3.05) is 6.54 Å². The van der Waals surface area contributed by atoms with Crippen LogP contribution in [0.25, 0.3) is 38.8 Å². The molecule has 6 aromatic rings. The number of hydrogen-bond donors (Lipinski definition) is 2. The minimum Gasteiger partial charge on any atom is -0.387 e. The van der Waals surface area contributed by atoms with Gasteiger partial charge in [-0.05, 0) is 70.4 Å². The number of hydrogen-bond acceptors (Lipinski definition) is 3. The normalized spacial score (nSPS) is 16.3. The fourth-order valence-corrected chi connectivity index (χ4v) is 6.14. The van der Waals surface area contributed by atoms with Gasteiger partial charge in [0.25, 0.3) is 0 Å². The topological polar surface area (TPSA) is 41.4 Å². The highest BCUT2D eigenvalue weighted by Gasteiger charge is 2.20. The minimum absolute atomic E-state index is 0.178. The molecule has 0 saturated heterocycles. The van der Waals surface area contributed by atoms with Crippen molar-refractivity contribution < 1.29 is 0 Å². The van der Waals surface area contributed by atoms with E-state index in [1.54, 1.807) is 0 Å². The van der Waals surface area contributed by atoms with E-state index in [1.807, 2.05) is 12.3 Å². The van der Waals surface area contributed by atoms with Crippen molar-refractivity contribution >= 4 is 38.8 Å². The first kappa shape index (κ1) is 25.1. The van der Waals surface area contributed by atoms with Crippen molar-refractivity contribution in [3.05, 3.63) is 174 Å². The van der Waals surface area contributed by atoms with Gasteiger partial charge in [0.15, 0.2) is 0 Å². The molecule has 0 fully saturated rings. The van der Waals surface area contributed by atoms with Crippen LogP contribution in [0.4, 0.5) is 0 Å². The molecule has 206 valence electrons. The monoisotopic (exact) mass is 554 g/mol. The summed E-state index contributed by atoms with van der Waals surface area (Å²) in [7, 11) is 0. The van der Waals surface area contributed by atoms with Crippen molar-refractivity contribution in [3.63, 3.8) is 0 Å². The van der Waals surface area contributed by atoms with Crippen LogP contribution in [0, 0.1) is 0 Å². The Bertz CT molecular complexity index is 2020. The van der Waals surface area contributed by atoms with Crippen LogP contribution in [0.2, 0.25) is 0 Å². The molecule has 0 bridgehead atoms. The van der Waals surface area contributed by atoms with E-state index >= 15 is 0 Å². The average Bonchev–Trinajstić information content (AvgIpc) is 3.43. The van der Waals surface area contributed by atoms with Crippen LogP contribution >= 0.6 is 0 Å². The largest absolute Gasteiger partial charge is 0.387 e. The van der Waals surface area contributed by atoms with Gasteiger partial charge in [0.2, 0.25) is 0 Å². The van der Waals surface area contributed by atoms with E-state index in [0.29, 0.717) is 0 Å². The number of aromatic nitrogens is 1. The zero-order valence-electron chi connectivity index (χ0n) is 23.6. The molecular weight excluding hydrogens is 524 g/mol. The molecule has 4 nitrogen and oxygen atoms in total. The molecule has 0 aliphatic carbocycles. The van der Waals surface area contributed by atoms with Crippen LogP contribution in [-0.4, -0.2) is 16.8 Å². The number of nitrogens with zero attached hydrogens (tertiary/aromatic N) is 2. The molecule has 0 amide bonds. The van der Waals surface area contributed by atoms with Gasteiger partial charge < -0.3 is 15.2 Å². The summed E-state index contributed by atoms with van der Waals surface area (Å²) in [5.41, 5.74) is 11.4. The van der Waals surface area contributed by atoms with Gasteiger partial charge in [0.1, 0.15) is 6.17 Å². The lowest BCUT2D eigenvalue weighted by molar-refractivity contribution is 0.664. The van der Waals surface area contributed by atoms with Crippen molar-refractivity contribution in [2.24, 2.45) is 4.99 Å². The molecule has 43 heavy (non-hydrogen) atoms. The van der Waals surface area contributed by atoms with Crippen LogP contribution in [0.15, 0.2) is 157 Å². The molecular formula is C39H30N4. The molecule has 2 aliphatic heterocycles. The van der Waals surface area contributed by atoms with E-state index in [-0.39, 0.29) is 6.17 Å². The number of rotatable bonds is 5. The Morgan fingerprint density at radius 2 is 1.26 bits per heavy atom. The van der Waals surface area contributed by atoms with Crippen LogP contribution in [-0.2, 0) is 0 Å². The van der Waals surface area contributed by atoms with Gasteiger partial charge in [-0.1, -0.05) is 109 Å². The first-order valence-electron chi connectivity index (χ1n) is 14.7. The van der Waals surface area contributed by atoms with E-state index in [4.69, 9.17) is 4.99 Å². The van der Waals surface area contributed by atoms with Gasteiger partial charge >= 0.3 is 0 Å². The van der Waals surface area contributed by atoms with Crippen LogP contribution in [0.5, 0.6) is 0 Å². The number of dihydropyridines is 1. The Morgan fingerprint density at radius 1 is 0.628 bits per heavy atom. The lowest BCUT2D eigenvalue weighted by Crippen LogP contribution is -2.24. The maximum absolute atomic E-state index is 5.18. The summed E-state index contributed by atoms with van der Waals surface area (Å²) in [6.45, 7) is 0.856. The first-order valence-corrected chi connectivity index (χ1v) is 14.7. The predicted octanol–water partition coefficient (Wildman–Crippen LogP) is 8.42. The van der Waals surface area contributed by atoms with Crippen LogP contribution in [0.3, 0.4) is 0 Å². The van der Waals surface area contributed by atoms with Crippen molar-refractivity contribution in [3.8, 4) is 5.69 Å². The molecule has 1 unspecified atom stereocenters. The van der Waals surface area contributed by atoms with Gasteiger partial charge in [-0.25, -0.2) is 0 Å². The highest BCUT2D eigenvalue weighted by molar-refractivity contribution is 6.13. The molecule has 3 heterocycles. The highest BCUT2D eigenvalue weighted by Crippen LogP contribution is 2.33. The second kappa shape index (κ2) is 10.7. The van der Waals surface area contributed by atoms with E-state index in [2.05, 4.69) is 155 Å². The predicted molar refractivity (Wildman–Crippen MR) is 179 cm³/mol. The molecule has 0 spiro atoms. The highest BCUT2D eigenvalue weighted by atomic mass is 15.1. The third-order valence-electron chi connectivity index (χ3n) is 8.31. The average molecular weight is 555 g/mol. The Morgan fingerprint density at radius 3 is 1.93 bits per heavy atom. The van der Waals surface area contributed by atoms with Gasteiger partial charge in [-0.2, -0.15) is 0 Å².